The molecule has 0 spiro atoms. The molecule has 1 aromatic rings. The van der Waals surface area contributed by atoms with Gasteiger partial charge in [0.1, 0.15) is 5.60 Å². The van der Waals surface area contributed by atoms with Gasteiger partial charge in [0.25, 0.3) is 11.7 Å². The first-order valence-electron chi connectivity index (χ1n) is 8.21. The van der Waals surface area contributed by atoms with E-state index in [1.807, 2.05) is 51.1 Å². The summed E-state index contributed by atoms with van der Waals surface area (Å²) in [5, 5.41) is 11.0. The van der Waals surface area contributed by atoms with Gasteiger partial charge >= 0.3 is 0 Å². The molecular weight excluding hydrogens is 324 g/mol. The number of hydrogen-bond acceptors (Lipinski definition) is 6. The van der Waals surface area contributed by atoms with Crippen molar-refractivity contribution in [1.82, 2.24) is 0 Å². The summed E-state index contributed by atoms with van der Waals surface area (Å²) in [7, 11) is 0. The zero-order valence-electron chi connectivity index (χ0n) is 14.7. The highest BCUT2D eigenvalue weighted by molar-refractivity contribution is 5.17. The van der Waals surface area contributed by atoms with Gasteiger partial charge in [-0.1, -0.05) is 30.3 Å². The van der Waals surface area contributed by atoms with Crippen molar-refractivity contribution in [3.63, 3.8) is 0 Å². The van der Waals surface area contributed by atoms with Crippen molar-refractivity contribution < 1.29 is 28.8 Å². The van der Waals surface area contributed by atoms with Crippen LogP contribution in [0.25, 0.3) is 0 Å². The molecule has 136 valence electrons. The normalized spacial score (nSPS) is 31.6. The van der Waals surface area contributed by atoms with Crippen molar-refractivity contribution in [3.8, 4) is 0 Å². The quantitative estimate of drug-likeness (QED) is 0.666. The predicted octanol–water partition coefficient (Wildman–Crippen LogP) is 3.00. The minimum atomic E-state index is -1.76. The highest BCUT2D eigenvalue weighted by Crippen LogP contribution is 2.37. The van der Waals surface area contributed by atoms with Crippen LogP contribution in [0.2, 0.25) is 0 Å². The Morgan fingerprint density at radius 2 is 2.00 bits per heavy atom. The first-order valence-corrected chi connectivity index (χ1v) is 8.21. The summed E-state index contributed by atoms with van der Waals surface area (Å²) >= 11 is 0. The lowest BCUT2D eigenvalue weighted by Crippen LogP contribution is -2.58. The SMILES string of the molecule is C=C(OC(C)(C)C)O[C@]1(O)C=CO[C@@H]2COC(c3ccccc3)O[C@H]21. The Hall–Kier alpha value is -2.02. The smallest absolute Gasteiger partial charge is 0.274 e. The van der Waals surface area contributed by atoms with Crippen molar-refractivity contribution in [3.05, 3.63) is 60.8 Å². The van der Waals surface area contributed by atoms with Gasteiger partial charge in [0, 0.05) is 11.6 Å². The Labute approximate surface area is 147 Å². The lowest BCUT2D eigenvalue weighted by molar-refractivity contribution is -0.343. The fourth-order valence-electron chi connectivity index (χ4n) is 2.76. The molecule has 0 aromatic heterocycles. The van der Waals surface area contributed by atoms with Crippen LogP contribution in [-0.2, 0) is 23.7 Å². The summed E-state index contributed by atoms with van der Waals surface area (Å²) in [4.78, 5) is 0. The molecule has 0 radical (unpaired) electrons. The molecule has 6 nitrogen and oxygen atoms in total. The predicted molar refractivity (Wildman–Crippen MR) is 90.0 cm³/mol. The van der Waals surface area contributed by atoms with Crippen molar-refractivity contribution >= 4 is 0 Å². The number of rotatable bonds is 4. The van der Waals surface area contributed by atoms with Crippen molar-refractivity contribution in [1.29, 1.82) is 0 Å². The largest absolute Gasteiger partial charge is 0.493 e. The van der Waals surface area contributed by atoms with E-state index in [1.165, 1.54) is 12.3 Å². The number of benzene rings is 1. The minimum absolute atomic E-state index is 0.00616. The first-order chi connectivity index (χ1) is 11.8. The fraction of sp³-hybridized carbons (Fsp3) is 0.474. The first kappa shape index (κ1) is 17.8. The molecule has 1 fully saturated rings. The Morgan fingerprint density at radius 1 is 1.28 bits per heavy atom. The molecule has 3 rings (SSSR count). The van der Waals surface area contributed by atoms with Crippen LogP contribution in [0.1, 0.15) is 32.6 Å². The van der Waals surface area contributed by atoms with Crippen LogP contribution in [0.3, 0.4) is 0 Å². The topological polar surface area (TPSA) is 66.4 Å². The Kier molecular flexibility index (Phi) is 4.77. The molecule has 2 aliphatic rings. The summed E-state index contributed by atoms with van der Waals surface area (Å²) in [6, 6.07) is 9.49. The zero-order valence-corrected chi connectivity index (χ0v) is 14.7. The molecule has 1 aromatic carbocycles. The van der Waals surface area contributed by atoms with Gasteiger partial charge in [-0.05, 0) is 27.4 Å². The third-order valence-electron chi connectivity index (χ3n) is 3.76. The van der Waals surface area contributed by atoms with Crippen molar-refractivity contribution in [2.24, 2.45) is 0 Å². The number of ether oxygens (including phenoxy) is 5. The van der Waals surface area contributed by atoms with E-state index < -0.39 is 29.9 Å². The van der Waals surface area contributed by atoms with Crippen LogP contribution in [0.15, 0.2) is 55.2 Å². The number of hydrogen-bond donors (Lipinski definition) is 1. The molecule has 6 heteroatoms. The third-order valence-corrected chi connectivity index (χ3v) is 3.76. The molecule has 2 aliphatic heterocycles. The molecule has 0 saturated carbocycles. The van der Waals surface area contributed by atoms with Crippen molar-refractivity contribution in [2.45, 2.75) is 50.7 Å². The van der Waals surface area contributed by atoms with Gasteiger partial charge in [0.2, 0.25) is 0 Å². The average molecular weight is 348 g/mol. The highest BCUT2D eigenvalue weighted by Gasteiger charge is 2.51. The molecule has 0 aliphatic carbocycles. The van der Waals surface area contributed by atoms with Gasteiger partial charge in [-0.25, -0.2) is 0 Å². The summed E-state index contributed by atoms with van der Waals surface area (Å²) in [6.07, 6.45) is 0.846. The lowest BCUT2D eigenvalue weighted by Gasteiger charge is -2.44. The van der Waals surface area contributed by atoms with E-state index in [4.69, 9.17) is 23.7 Å². The maximum atomic E-state index is 11.0. The number of aliphatic hydroxyl groups is 1. The van der Waals surface area contributed by atoms with E-state index in [0.717, 1.165) is 5.56 Å². The minimum Gasteiger partial charge on any atom is -0.493 e. The molecule has 1 unspecified atom stereocenters. The number of fused-ring (bicyclic) bond motifs is 1. The molecule has 0 bridgehead atoms. The van der Waals surface area contributed by atoms with E-state index in [-0.39, 0.29) is 12.6 Å². The fourth-order valence-corrected chi connectivity index (χ4v) is 2.76. The van der Waals surface area contributed by atoms with Gasteiger partial charge < -0.3 is 28.8 Å². The van der Waals surface area contributed by atoms with E-state index in [1.54, 1.807) is 0 Å². The Morgan fingerprint density at radius 3 is 2.68 bits per heavy atom. The summed E-state index contributed by atoms with van der Waals surface area (Å²) in [5.41, 5.74) is 0.354. The Bertz CT molecular complexity index is 635. The summed E-state index contributed by atoms with van der Waals surface area (Å²) in [6.45, 7) is 9.58. The van der Waals surface area contributed by atoms with E-state index >= 15 is 0 Å². The van der Waals surface area contributed by atoms with Crippen molar-refractivity contribution in [2.75, 3.05) is 6.61 Å². The molecule has 1 N–H and O–H groups in total. The second-order valence-corrected chi connectivity index (χ2v) is 7.05. The average Bonchev–Trinajstić information content (AvgIpc) is 2.53. The van der Waals surface area contributed by atoms with Crippen LogP contribution >= 0.6 is 0 Å². The van der Waals surface area contributed by atoms with Crippen LogP contribution in [-0.4, -0.2) is 35.3 Å². The van der Waals surface area contributed by atoms with Gasteiger partial charge in [-0.3, -0.25) is 0 Å². The van der Waals surface area contributed by atoms with Crippen LogP contribution in [0, 0.1) is 0 Å². The summed E-state index contributed by atoms with van der Waals surface area (Å²) < 4.78 is 28.3. The van der Waals surface area contributed by atoms with Gasteiger partial charge in [-0.15, -0.1) is 0 Å². The standard InChI is InChI=1S/C19H24O6/c1-13(24-18(2,3)4)25-19(20)10-11-21-15-12-22-17(23-16(15)19)14-8-6-5-7-9-14/h5-11,15-17,20H,1,12H2,2-4H3/t15-,16-,17?,19-/m1/s1. The molecule has 1 saturated heterocycles. The van der Waals surface area contributed by atoms with Crippen LogP contribution in [0.4, 0.5) is 0 Å². The monoisotopic (exact) mass is 348 g/mol. The zero-order chi connectivity index (χ0) is 18.1. The highest BCUT2D eigenvalue weighted by atomic mass is 16.8. The summed E-state index contributed by atoms with van der Waals surface area (Å²) in [5.74, 6) is -1.76. The second kappa shape index (κ2) is 6.71. The molecule has 25 heavy (non-hydrogen) atoms. The molecule has 2 heterocycles. The van der Waals surface area contributed by atoms with E-state index in [0.29, 0.717) is 0 Å². The maximum absolute atomic E-state index is 11.0. The molecule has 4 atom stereocenters. The lowest BCUT2D eigenvalue weighted by atomic mass is 10.0. The maximum Gasteiger partial charge on any atom is 0.274 e. The van der Waals surface area contributed by atoms with E-state index in [2.05, 4.69) is 6.58 Å². The van der Waals surface area contributed by atoms with Crippen LogP contribution in [0.5, 0.6) is 0 Å². The Balaban J connectivity index is 1.76. The second-order valence-electron chi connectivity index (χ2n) is 7.05. The van der Waals surface area contributed by atoms with E-state index in [9.17, 15) is 5.11 Å². The third kappa shape index (κ3) is 4.15. The molecular formula is C19H24O6. The van der Waals surface area contributed by atoms with Gasteiger partial charge in [0.15, 0.2) is 18.5 Å². The van der Waals surface area contributed by atoms with Crippen LogP contribution < -0.4 is 0 Å². The van der Waals surface area contributed by atoms with Gasteiger partial charge in [-0.2, -0.15) is 0 Å². The molecule has 0 amide bonds. The van der Waals surface area contributed by atoms with Gasteiger partial charge in [0.05, 0.1) is 12.9 Å².